The molecule has 0 aliphatic carbocycles. The number of hydrogen-bond acceptors (Lipinski definition) is 9. The quantitative estimate of drug-likeness (QED) is 0.197. The second-order valence-corrected chi connectivity index (χ2v) is 10.5. The molecule has 2 aromatic rings. The number of benzene rings is 1. The Morgan fingerprint density at radius 3 is 2.39 bits per heavy atom. The van der Waals surface area contributed by atoms with Crippen LogP contribution in [0.2, 0.25) is 0 Å². The normalized spacial score (nSPS) is 10.9. The van der Waals surface area contributed by atoms with Gasteiger partial charge in [0.05, 0.1) is 12.2 Å². The lowest BCUT2D eigenvalue weighted by molar-refractivity contribution is -0.137. The highest BCUT2D eigenvalue weighted by Gasteiger charge is 2.16. The van der Waals surface area contributed by atoms with Crippen LogP contribution in [0.3, 0.4) is 0 Å². The number of phenolic OH excluding ortho intramolecular Hbond substituents is 1. The van der Waals surface area contributed by atoms with E-state index < -0.39 is 5.97 Å². The van der Waals surface area contributed by atoms with Crippen molar-refractivity contribution in [3.63, 3.8) is 0 Å². The number of aliphatic carboxylic acids is 1. The molecule has 7 nitrogen and oxygen atoms in total. The summed E-state index contributed by atoms with van der Waals surface area (Å²) < 4.78 is 7.69. The summed E-state index contributed by atoms with van der Waals surface area (Å²) in [7, 11) is 0. The number of phenols is 1. The molecule has 0 saturated heterocycles. The van der Waals surface area contributed by atoms with Crippen LogP contribution in [-0.2, 0) is 11.2 Å². The van der Waals surface area contributed by atoms with Gasteiger partial charge in [0.25, 0.3) is 0 Å². The monoisotopic (exact) mass is 484 g/mol. The highest BCUT2D eigenvalue weighted by molar-refractivity contribution is 8.03. The first kappa shape index (κ1) is 25.5. The van der Waals surface area contributed by atoms with Crippen molar-refractivity contribution in [2.45, 2.75) is 61.1 Å². The smallest absolute Gasteiger partial charge is 0.303 e. The van der Waals surface area contributed by atoms with Crippen LogP contribution in [0.15, 0.2) is 20.8 Å². The molecular formula is C21H28N2O5S3. The molecule has 1 heterocycles. The summed E-state index contributed by atoms with van der Waals surface area (Å²) in [5, 5.41) is 27.4. The number of aromatic nitrogens is 2. The summed E-state index contributed by atoms with van der Waals surface area (Å²) in [6.45, 7) is 3.97. The van der Waals surface area contributed by atoms with Gasteiger partial charge in [-0.05, 0) is 44.7 Å². The minimum atomic E-state index is -0.755. The molecule has 2 rings (SSSR count). The van der Waals surface area contributed by atoms with Crippen molar-refractivity contribution in [1.29, 1.82) is 0 Å². The number of hydrogen-bond donors (Lipinski definition) is 2. The van der Waals surface area contributed by atoms with Gasteiger partial charge in [0, 0.05) is 23.5 Å². The molecule has 2 N–H and O–H groups in total. The Morgan fingerprint density at radius 2 is 1.77 bits per heavy atom. The van der Waals surface area contributed by atoms with E-state index in [1.807, 2.05) is 6.92 Å². The first-order chi connectivity index (χ1) is 14.9. The summed E-state index contributed by atoms with van der Waals surface area (Å²) in [5.41, 5.74) is 1.02. The van der Waals surface area contributed by atoms with Gasteiger partial charge in [-0.15, -0.1) is 10.2 Å². The first-order valence-electron chi connectivity index (χ1n) is 10.2. The Kier molecular flexibility index (Phi) is 11.2. The third kappa shape index (κ3) is 8.70. The zero-order valence-corrected chi connectivity index (χ0v) is 20.2. The van der Waals surface area contributed by atoms with Crippen molar-refractivity contribution < 1.29 is 24.5 Å². The van der Waals surface area contributed by atoms with Crippen LogP contribution in [0.1, 0.15) is 61.9 Å². The molecule has 0 aliphatic rings. The number of carbonyl (C=O) groups excluding carboxylic acids is 1. The number of ether oxygens (including phenoxy) is 1. The van der Waals surface area contributed by atoms with E-state index in [1.165, 1.54) is 6.92 Å². The largest absolute Gasteiger partial charge is 0.507 e. The van der Waals surface area contributed by atoms with E-state index in [2.05, 4.69) is 10.2 Å². The average molecular weight is 485 g/mol. The van der Waals surface area contributed by atoms with Crippen molar-refractivity contribution in [2.75, 3.05) is 18.1 Å². The molecule has 1 aromatic carbocycles. The van der Waals surface area contributed by atoms with E-state index in [1.54, 1.807) is 47.0 Å². The van der Waals surface area contributed by atoms with Gasteiger partial charge in [-0.3, -0.25) is 9.59 Å². The fourth-order valence-corrected chi connectivity index (χ4v) is 5.85. The van der Waals surface area contributed by atoms with Gasteiger partial charge in [0.1, 0.15) is 11.5 Å². The van der Waals surface area contributed by atoms with Gasteiger partial charge in [0.2, 0.25) is 0 Å². The SMILES string of the molecule is CCCc1c(OCCCSc2nnc(SCCCCC(=O)O)s2)ccc(C(C)=O)c1O. The van der Waals surface area contributed by atoms with E-state index in [0.29, 0.717) is 36.3 Å². The molecule has 10 heteroatoms. The van der Waals surface area contributed by atoms with E-state index in [0.717, 1.165) is 39.4 Å². The van der Waals surface area contributed by atoms with Crippen LogP contribution in [-0.4, -0.2) is 50.3 Å². The third-order valence-electron chi connectivity index (χ3n) is 4.29. The van der Waals surface area contributed by atoms with Crippen molar-refractivity contribution in [2.24, 2.45) is 0 Å². The van der Waals surface area contributed by atoms with Crippen LogP contribution >= 0.6 is 34.9 Å². The van der Waals surface area contributed by atoms with Crippen molar-refractivity contribution in [3.8, 4) is 11.5 Å². The van der Waals surface area contributed by atoms with E-state index >= 15 is 0 Å². The Morgan fingerprint density at radius 1 is 1.10 bits per heavy atom. The second-order valence-electron chi connectivity index (χ2n) is 6.83. The lowest BCUT2D eigenvalue weighted by Gasteiger charge is -2.14. The van der Waals surface area contributed by atoms with Crippen LogP contribution in [0.25, 0.3) is 0 Å². The fourth-order valence-electron chi connectivity index (χ4n) is 2.78. The van der Waals surface area contributed by atoms with Crippen LogP contribution < -0.4 is 4.74 Å². The molecule has 1 aromatic heterocycles. The van der Waals surface area contributed by atoms with Gasteiger partial charge >= 0.3 is 5.97 Å². The number of carboxylic acids is 1. The highest BCUT2D eigenvalue weighted by atomic mass is 32.2. The number of ketones is 1. The molecule has 0 saturated carbocycles. The molecule has 0 amide bonds. The summed E-state index contributed by atoms with van der Waals surface area (Å²) in [6, 6.07) is 3.38. The Labute approximate surface area is 195 Å². The molecule has 170 valence electrons. The molecule has 31 heavy (non-hydrogen) atoms. The van der Waals surface area contributed by atoms with Crippen LogP contribution in [0.5, 0.6) is 11.5 Å². The van der Waals surface area contributed by atoms with Gasteiger partial charge < -0.3 is 14.9 Å². The number of aromatic hydroxyl groups is 1. The number of thioether (sulfide) groups is 2. The highest BCUT2D eigenvalue weighted by Crippen LogP contribution is 2.33. The Bertz CT molecular complexity index is 873. The van der Waals surface area contributed by atoms with Crippen LogP contribution in [0, 0.1) is 0 Å². The van der Waals surface area contributed by atoms with Gasteiger partial charge in [0.15, 0.2) is 14.5 Å². The predicted octanol–water partition coefficient (Wildman–Crippen LogP) is 5.31. The molecule has 0 spiro atoms. The minimum Gasteiger partial charge on any atom is -0.507 e. The van der Waals surface area contributed by atoms with Crippen LogP contribution in [0.4, 0.5) is 0 Å². The number of carboxylic acid groups (broad SMARTS) is 1. The minimum absolute atomic E-state index is 0.0306. The number of nitrogens with zero attached hydrogens (tertiary/aromatic N) is 2. The zero-order valence-electron chi connectivity index (χ0n) is 17.8. The Hall–Kier alpha value is -1.78. The molecule has 0 radical (unpaired) electrons. The van der Waals surface area contributed by atoms with Crippen molar-refractivity contribution in [1.82, 2.24) is 10.2 Å². The molecule has 0 atom stereocenters. The van der Waals surface area contributed by atoms with E-state index in [9.17, 15) is 14.7 Å². The number of carbonyl (C=O) groups is 2. The maximum atomic E-state index is 11.6. The van der Waals surface area contributed by atoms with Gasteiger partial charge in [-0.25, -0.2) is 0 Å². The molecule has 0 bridgehead atoms. The van der Waals surface area contributed by atoms with E-state index in [4.69, 9.17) is 9.84 Å². The maximum Gasteiger partial charge on any atom is 0.303 e. The fraction of sp³-hybridized carbons (Fsp3) is 0.524. The topological polar surface area (TPSA) is 110 Å². The van der Waals surface area contributed by atoms with Crippen molar-refractivity contribution in [3.05, 3.63) is 23.3 Å². The number of rotatable bonds is 15. The molecule has 0 aliphatic heterocycles. The third-order valence-corrected chi connectivity index (χ3v) is 7.65. The summed E-state index contributed by atoms with van der Waals surface area (Å²) >= 11 is 4.79. The number of unbranched alkanes of at least 4 members (excludes halogenated alkanes) is 1. The molecule has 0 unspecified atom stereocenters. The summed E-state index contributed by atoms with van der Waals surface area (Å²) in [5.74, 6) is 1.42. The lowest BCUT2D eigenvalue weighted by atomic mass is 10.0. The first-order valence-corrected chi connectivity index (χ1v) is 13.0. The molecule has 0 fully saturated rings. The predicted molar refractivity (Wildman–Crippen MR) is 125 cm³/mol. The molecular weight excluding hydrogens is 456 g/mol. The number of Topliss-reactive ketones (excluding diaryl/α,β-unsaturated/α-hetero) is 1. The van der Waals surface area contributed by atoms with Gasteiger partial charge in [-0.1, -0.05) is 48.2 Å². The zero-order chi connectivity index (χ0) is 22.6. The maximum absolute atomic E-state index is 11.6. The Balaban J connectivity index is 1.73. The summed E-state index contributed by atoms with van der Waals surface area (Å²) in [6.07, 6.45) is 4.04. The average Bonchev–Trinajstić information content (AvgIpc) is 3.17. The van der Waals surface area contributed by atoms with Gasteiger partial charge in [-0.2, -0.15) is 0 Å². The lowest BCUT2D eigenvalue weighted by Crippen LogP contribution is -2.04. The van der Waals surface area contributed by atoms with Crippen molar-refractivity contribution >= 4 is 46.6 Å². The second kappa shape index (κ2) is 13.6. The summed E-state index contributed by atoms with van der Waals surface area (Å²) in [4.78, 5) is 22.1. The van der Waals surface area contributed by atoms with E-state index in [-0.39, 0.29) is 18.0 Å². The standard InChI is InChI=1S/C21H28N2O5S3/c1-3-7-16-17(10-9-15(14(2)24)19(16)27)28-11-6-13-30-21-23-22-20(31-21)29-12-5-4-8-18(25)26/h9-10,27H,3-8,11-13H2,1-2H3,(H,25,26).